The van der Waals surface area contributed by atoms with Gasteiger partial charge in [0, 0.05) is 24.4 Å². The van der Waals surface area contributed by atoms with Gasteiger partial charge in [-0.1, -0.05) is 19.8 Å². The molecule has 172 valence electrons. The van der Waals surface area contributed by atoms with Gasteiger partial charge in [-0.2, -0.15) is 0 Å². The fraction of sp³-hybridized carbons (Fsp3) is 0.542. The highest BCUT2D eigenvalue weighted by Gasteiger charge is 2.50. The molecule has 2 N–H and O–H groups in total. The first-order chi connectivity index (χ1) is 15.2. The zero-order chi connectivity index (χ0) is 23.2. The molecule has 8 heteroatoms. The first-order valence-corrected chi connectivity index (χ1v) is 11.4. The summed E-state index contributed by atoms with van der Waals surface area (Å²) < 4.78 is 15.9. The van der Waals surface area contributed by atoms with Crippen molar-refractivity contribution in [2.75, 3.05) is 5.32 Å². The van der Waals surface area contributed by atoms with E-state index in [0.717, 1.165) is 25.7 Å². The van der Waals surface area contributed by atoms with Crippen molar-refractivity contribution in [1.82, 2.24) is 14.8 Å². The molecule has 2 atom stereocenters. The van der Waals surface area contributed by atoms with Crippen LogP contribution in [0.2, 0.25) is 0 Å². The molecule has 0 saturated heterocycles. The summed E-state index contributed by atoms with van der Waals surface area (Å²) in [5, 5.41) is 6.35. The lowest BCUT2D eigenvalue weighted by Crippen LogP contribution is -2.66. The van der Waals surface area contributed by atoms with E-state index in [1.165, 1.54) is 19.1 Å². The predicted molar refractivity (Wildman–Crippen MR) is 121 cm³/mol. The van der Waals surface area contributed by atoms with Gasteiger partial charge >= 0.3 is 0 Å². The van der Waals surface area contributed by atoms with Crippen molar-refractivity contribution >= 4 is 34.3 Å². The van der Waals surface area contributed by atoms with Crippen LogP contribution in [-0.4, -0.2) is 44.8 Å². The van der Waals surface area contributed by atoms with Gasteiger partial charge in [0.05, 0.1) is 17.7 Å². The van der Waals surface area contributed by atoms with Crippen LogP contribution in [-0.2, 0) is 16.1 Å². The first-order valence-electron chi connectivity index (χ1n) is 11.4. The maximum Gasteiger partial charge on any atom is 0.273 e. The molecule has 0 unspecified atom stereocenters. The molecule has 2 aromatic rings. The second-order valence-corrected chi connectivity index (χ2v) is 9.31. The summed E-state index contributed by atoms with van der Waals surface area (Å²) in [7, 11) is 0. The third-order valence-electron chi connectivity index (χ3n) is 6.96. The van der Waals surface area contributed by atoms with E-state index in [0.29, 0.717) is 23.0 Å². The second-order valence-electron chi connectivity index (χ2n) is 9.31. The van der Waals surface area contributed by atoms with Gasteiger partial charge in [0.2, 0.25) is 11.8 Å². The Bertz CT molecular complexity index is 1090. The van der Waals surface area contributed by atoms with Crippen LogP contribution >= 0.6 is 0 Å². The van der Waals surface area contributed by atoms with Crippen LogP contribution in [0.1, 0.15) is 70.3 Å². The van der Waals surface area contributed by atoms with Crippen molar-refractivity contribution in [3.63, 3.8) is 0 Å². The number of amides is 3. The first kappa shape index (κ1) is 22.3. The Labute approximate surface area is 187 Å². The molecule has 1 aliphatic heterocycles. The summed E-state index contributed by atoms with van der Waals surface area (Å²) in [6, 6.07) is 4.17. The number of halogens is 1. The third-order valence-corrected chi connectivity index (χ3v) is 6.96. The lowest BCUT2D eigenvalue weighted by molar-refractivity contribution is -0.134. The molecule has 2 heterocycles. The normalized spacial score (nSPS) is 22.2. The standard InChI is InChI=1S/C24H31FN4O3/c1-5-14(2)29-22(31)21-20(26-15(3)30)18-12-16(25)10-11-19(18)28(21)13-24(29,4)23(32)27-17-8-6-7-9-17/h10-12,14,17H,5-9,13H2,1-4H3,(H,26,30)(H,27,32)/t14-,24-/m0/s1. The molecule has 1 aromatic carbocycles. The largest absolute Gasteiger partial charge is 0.351 e. The van der Waals surface area contributed by atoms with Crippen LogP contribution in [0.5, 0.6) is 0 Å². The summed E-state index contributed by atoms with van der Waals surface area (Å²) in [5.41, 5.74) is 0.0774. The number of hydrogen-bond acceptors (Lipinski definition) is 3. The zero-order valence-corrected chi connectivity index (χ0v) is 19.1. The zero-order valence-electron chi connectivity index (χ0n) is 19.1. The van der Waals surface area contributed by atoms with Crippen LogP contribution in [0.25, 0.3) is 10.9 Å². The van der Waals surface area contributed by atoms with E-state index in [9.17, 15) is 18.8 Å². The van der Waals surface area contributed by atoms with Crippen LogP contribution < -0.4 is 10.6 Å². The fourth-order valence-electron chi connectivity index (χ4n) is 5.20. The second kappa shape index (κ2) is 8.22. The van der Waals surface area contributed by atoms with Crippen LogP contribution in [0, 0.1) is 5.82 Å². The molecule has 1 fully saturated rings. The number of benzene rings is 1. The summed E-state index contributed by atoms with van der Waals surface area (Å²) in [6.45, 7) is 7.28. The summed E-state index contributed by atoms with van der Waals surface area (Å²) in [5.74, 6) is -1.32. The van der Waals surface area contributed by atoms with Crippen molar-refractivity contribution in [2.24, 2.45) is 0 Å². The lowest BCUT2D eigenvalue weighted by Gasteiger charge is -2.47. The summed E-state index contributed by atoms with van der Waals surface area (Å²) >= 11 is 0. The lowest BCUT2D eigenvalue weighted by atomic mass is 9.91. The molecule has 1 saturated carbocycles. The third kappa shape index (κ3) is 3.55. The Morgan fingerprint density at radius 3 is 2.59 bits per heavy atom. The minimum Gasteiger partial charge on any atom is -0.351 e. The van der Waals surface area contributed by atoms with Gasteiger partial charge < -0.3 is 20.1 Å². The van der Waals surface area contributed by atoms with Crippen molar-refractivity contribution in [3.8, 4) is 0 Å². The quantitative estimate of drug-likeness (QED) is 0.739. The van der Waals surface area contributed by atoms with Crippen molar-refractivity contribution in [3.05, 3.63) is 29.7 Å². The molecule has 0 radical (unpaired) electrons. The van der Waals surface area contributed by atoms with Gasteiger partial charge in [-0.15, -0.1) is 0 Å². The fourth-order valence-corrected chi connectivity index (χ4v) is 5.20. The van der Waals surface area contributed by atoms with Gasteiger partial charge in [0.25, 0.3) is 5.91 Å². The van der Waals surface area contributed by atoms with E-state index in [2.05, 4.69) is 10.6 Å². The number of carbonyl (C=O) groups excluding carboxylic acids is 3. The van der Waals surface area contributed by atoms with Crippen LogP contribution in [0.15, 0.2) is 18.2 Å². The van der Waals surface area contributed by atoms with E-state index in [1.807, 2.05) is 13.8 Å². The molecule has 3 amide bonds. The summed E-state index contributed by atoms with van der Waals surface area (Å²) in [4.78, 5) is 41.1. The number of hydrogen-bond donors (Lipinski definition) is 2. The van der Waals surface area contributed by atoms with E-state index < -0.39 is 11.4 Å². The number of aromatic nitrogens is 1. The van der Waals surface area contributed by atoms with Crippen LogP contribution in [0.4, 0.5) is 10.1 Å². The summed E-state index contributed by atoms with van der Waals surface area (Å²) in [6.07, 6.45) is 4.75. The molecular weight excluding hydrogens is 411 g/mol. The number of rotatable bonds is 5. The smallest absolute Gasteiger partial charge is 0.273 e. The highest BCUT2D eigenvalue weighted by atomic mass is 19.1. The van der Waals surface area contributed by atoms with Crippen LogP contribution in [0.3, 0.4) is 0 Å². The van der Waals surface area contributed by atoms with E-state index in [-0.39, 0.29) is 42.0 Å². The monoisotopic (exact) mass is 442 g/mol. The van der Waals surface area contributed by atoms with E-state index >= 15 is 0 Å². The molecule has 4 rings (SSSR count). The Kier molecular flexibility index (Phi) is 5.73. The van der Waals surface area contributed by atoms with Crippen molar-refractivity contribution in [1.29, 1.82) is 0 Å². The number of fused-ring (bicyclic) bond motifs is 3. The Morgan fingerprint density at radius 1 is 1.28 bits per heavy atom. The van der Waals surface area contributed by atoms with E-state index in [1.54, 1.807) is 22.5 Å². The predicted octanol–water partition coefficient (Wildman–Crippen LogP) is 3.81. The average molecular weight is 443 g/mol. The molecule has 2 aliphatic rings. The molecule has 1 aliphatic carbocycles. The number of nitrogens with zero attached hydrogens (tertiary/aromatic N) is 2. The molecule has 1 aromatic heterocycles. The highest BCUT2D eigenvalue weighted by Crippen LogP contribution is 2.40. The van der Waals surface area contributed by atoms with Gasteiger partial charge in [0.15, 0.2) is 0 Å². The Morgan fingerprint density at radius 2 is 1.97 bits per heavy atom. The minimum atomic E-state index is -1.12. The Balaban J connectivity index is 1.88. The number of carbonyl (C=O) groups is 3. The topological polar surface area (TPSA) is 83.4 Å². The molecule has 0 bridgehead atoms. The molecule has 32 heavy (non-hydrogen) atoms. The van der Waals surface area contributed by atoms with Gasteiger partial charge in [0.1, 0.15) is 17.1 Å². The number of anilines is 1. The van der Waals surface area contributed by atoms with Gasteiger partial charge in [-0.3, -0.25) is 14.4 Å². The molecule has 0 spiro atoms. The SMILES string of the molecule is CC[C@H](C)N1C(=O)c2c(NC(C)=O)c3cc(F)ccc3n2C[C@@]1(C)C(=O)NC1CCCC1. The van der Waals surface area contributed by atoms with E-state index in [4.69, 9.17) is 0 Å². The van der Waals surface area contributed by atoms with Gasteiger partial charge in [-0.25, -0.2) is 4.39 Å². The maximum absolute atomic E-state index is 14.1. The van der Waals surface area contributed by atoms with Gasteiger partial charge in [-0.05, 0) is 51.3 Å². The highest BCUT2D eigenvalue weighted by molar-refractivity contribution is 6.14. The molecule has 7 nitrogen and oxygen atoms in total. The Hall–Kier alpha value is -2.90. The minimum absolute atomic E-state index is 0.125. The van der Waals surface area contributed by atoms with Crippen molar-refractivity contribution in [2.45, 2.75) is 84.0 Å². The molecular formula is C24H31FN4O3. The van der Waals surface area contributed by atoms with Crippen molar-refractivity contribution < 1.29 is 18.8 Å². The average Bonchev–Trinajstić information content (AvgIpc) is 3.34. The maximum atomic E-state index is 14.1. The number of nitrogens with one attached hydrogen (secondary N) is 2.